The Morgan fingerprint density at radius 3 is 2.52 bits per heavy atom. The lowest BCUT2D eigenvalue weighted by atomic mass is 10.00. The first-order chi connectivity index (χ1) is 14.6. The molecular formula is C20H17ClF3N5OS. The molecule has 1 atom stereocenters. The summed E-state index contributed by atoms with van der Waals surface area (Å²) in [4.78, 5) is 17.3. The first-order valence-corrected chi connectivity index (χ1v) is 10.5. The van der Waals surface area contributed by atoms with Crippen LogP contribution < -0.4 is 5.32 Å². The van der Waals surface area contributed by atoms with Gasteiger partial charge in [0, 0.05) is 27.6 Å². The van der Waals surface area contributed by atoms with Gasteiger partial charge in [-0.1, -0.05) is 23.7 Å². The number of hydrogen-bond donors (Lipinski definition) is 1. The molecule has 1 N–H and O–H groups in total. The third-order valence-corrected chi connectivity index (χ3v) is 6.51. The minimum absolute atomic E-state index is 0.367. The molecular weight excluding hydrogens is 451 g/mol. The predicted molar refractivity (Wildman–Crippen MR) is 112 cm³/mol. The van der Waals surface area contributed by atoms with Gasteiger partial charge in [-0.15, -0.1) is 21.5 Å². The SMILES string of the molecule is Cc1sc2c(c1C)C(c1ccc(Cl)cc1)=NC(CNC(=O)C(F)(F)F)c1nnc(C)n1-2. The lowest BCUT2D eigenvalue weighted by Gasteiger charge is -2.14. The maximum atomic E-state index is 12.7. The van der Waals surface area contributed by atoms with Crippen molar-refractivity contribution in [3.63, 3.8) is 0 Å². The highest BCUT2D eigenvalue weighted by atomic mass is 35.5. The average molecular weight is 468 g/mol. The number of aliphatic imine (C=N–C) groups is 1. The van der Waals surface area contributed by atoms with E-state index in [-0.39, 0.29) is 6.54 Å². The quantitative estimate of drug-likeness (QED) is 0.617. The number of amides is 1. The van der Waals surface area contributed by atoms with Crippen LogP contribution in [0, 0.1) is 20.8 Å². The van der Waals surface area contributed by atoms with E-state index >= 15 is 0 Å². The number of fused-ring (bicyclic) bond motifs is 3. The molecule has 11 heteroatoms. The smallest absolute Gasteiger partial charge is 0.346 e. The van der Waals surface area contributed by atoms with Gasteiger partial charge in [0.05, 0.1) is 5.71 Å². The lowest BCUT2D eigenvalue weighted by molar-refractivity contribution is -0.173. The largest absolute Gasteiger partial charge is 0.471 e. The third-order valence-electron chi connectivity index (χ3n) is 5.07. The van der Waals surface area contributed by atoms with E-state index < -0.39 is 18.1 Å². The van der Waals surface area contributed by atoms with Crippen LogP contribution in [-0.4, -0.2) is 39.1 Å². The van der Waals surface area contributed by atoms with Crippen molar-refractivity contribution >= 4 is 34.6 Å². The molecule has 0 fully saturated rings. The Morgan fingerprint density at radius 1 is 1.19 bits per heavy atom. The number of aromatic nitrogens is 3. The second kappa shape index (κ2) is 7.76. The summed E-state index contributed by atoms with van der Waals surface area (Å²) in [6, 6.07) is 6.20. The van der Waals surface area contributed by atoms with Gasteiger partial charge in [0.2, 0.25) is 0 Å². The monoisotopic (exact) mass is 467 g/mol. The van der Waals surface area contributed by atoms with Crippen molar-refractivity contribution in [2.24, 2.45) is 4.99 Å². The maximum absolute atomic E-state index is 12.7. The number of nitrogens with one attached hydrogen (secondary N) is 1. The van der Waals surface area contributed by atoms with Crippen LogP contribution in [0.15, 0.2) is 29.3 Å². The molecule has 3 aromatic rings. The van der Waals surface area contributed by atoms with Crippen molar-refractivity contribution < 1.29 is 18.0 Å². The molecule has 0 spiro atoms. The van der Waals surface area contributed by atoms with Crippen LogP contribution in [0.5, 0.6) is 0 Å². The molecule has 162 valence electrons. The van der Waals surface area contributed by atoms with E-state index in [4.69, 9.17) is 16.6 Å². The van der Waals surface area contributed by atoms with Gasteiger partial charge in [-0.25, -0.2) is 0 Å². The van der Waals surface area contributed by atoms with Crippen LogP contribution >= 0.6 is 22.9 Å². The first kappa shape index (κ1) is 21.5. The van der Waals surface area contributed by atoms with Crippen molar-refractivity contribution in [2.45, 2.75) is 33.0 Å². The Morgan fingerprint density at radius 2 is 1.87 bits per heavy atom. The summed E-state index contributed by atoms with van der Waals surface area (Å²) in [5, 5.41) is 11.6. The zero-order valence-electron chi connectivity index (χ0n) is 16.7. The summed E-state index contributed by atoms with van der Waals surface area (Å²) in [6.45, 7) is 5.36. The Balaban J connectivity index is 1.89. The molecule has 0 saturated carbocycles. The summed E-state index contributed by atoms with van der Waals surface area (Å²) < 4.78 is 40.0. The van der Waals surface area contributed by atoms with E-state index in [1.165, 1.54) is 11.3 Å². The highest BCUT2D eigenvalue weighted by Crippen LogP contribution is 2.38. The molecule has 4 rings (SSSR count). The Kier molecular flexibility index (Phi) is 5.38. The topological polar surface area (TPSA) is 72.2 Å². The van der Waals surface area contributed by atoms with Crippen LogP contribution in [0.25, 0.3) is 5.00 Å². The fraction of sp³-hybridized carbons (Fsp3) is 0.300. The number of aryl methyl sites for hydroxylation is 2. The van der Waals surface area contributed by atoms with Crippen molar-refractivity contribution in [3.8, 4) is 5.00 Å². The molecule has 0 saturated heterocycles. The number of alkyl halides is 3. The molecule has 3 heterocycles. The fourth-order valence-electron chi connectivity index (χ4n) is 3.42. The van der Waals surface area contributed by atoms with E-state index in [0.29, 0.717) is 22.4 Å². The molecule has 1 aliphatic heterocycles. The van der Waals surface area contributed by atoms with Crippen molar-refractivity contribution in [2.75, 3.05) is 6.54 Å². The normalized spacial score (nSPS) is 15.7. The number of carbonyl (C=O) groups is 1. The minimum Gasteiger partial charge on any atom is -0.346 e. The Bertz CT molecular complexity index is 1200. The maximum Gasteiger partial charge on any atom is 0.471 e. The van der Waals surface area contributed by atoms with Gasteiger partial charge in [-0.3, -0.25) is 14.4 Å². The van der Waals surface area contributed by atoms with E-state index in [2.05, 4.69) is 10.2 Å². The van der Waals surface area contributed by atoms with Gasteiger partial charge < -0.3 is 5.32 Å². The van der Waals surface area contributed by atoms with Crippen molar-refractivity contribution in [1.29, 1.82) is 0 Å². The number of carbonyl (C=O) groups excluding carboxylic acids is 1. The first-order valence-electron chi connectivity index (χ1n) is 9.29. The molecule has 1 unspecified atom stereocenters. The number of thiophene rings is 1. The number of nitrogens with zero attached hydrogens (tertiary/aromatic N) is 4. The molecule has 1 amide bonds. The second-order valence-electron chi connectivity index (χ2n) is 7.11. The van der Waals surface area contributed by atoms with Crippen LogP contribution in [0.3, 0.4) is 0 Å². The summed E-state index contributed by atoms with van der Waals surface area (Å²) >= 11 is 7.57. The zero-order valence-corrected chi connectivity index (χ0v) is 18.3. The molecule has 2 aromatic heterocycles. The Hall–Kier alpha value is -2.72. The van der Waals surface area contributed by atoms with Crippen LogP contribution in [0.1, 0.15) is 39.3 Å². The molecule has 0 aliphatic carbocycles. The fourth-order valence-corrected chi connectivity index (χ4v) is 4.76. The van der Waals surface area contributed by atoms with E-state index in [9.17, 15) is 18.0 Å². The van der Waals surface area contributed by atoms with Gasteiger partial charge in [0.25, 0.3) is 0 Å². The average Bonchev–Trinajstić information content (AvgIpc) is 3.17. The van der Waals surface area contributed by atoms with Crippen LogP contribution in [0.4, 0.5) is 13.2 Å². The van der Waals surface area contributed by atoms with Crippen LogP contribution in [0.2, 0.25) is 5.02 Å². The molecule has 1 aliphatic rings. The standard InChI is InChI=1S/C20H17ClF3N5OS/c1-9-10(2)31-18-15(9)16(12-4-6-13(21)7-5-12)26-14(8-25-19(30)20(22,23)24)17-28-27-11(3)29(17)18/h4-7,14H,8H2,1-3H3,(H,25,30). The van der Waals surface area contributed by atoms with E-state index in [1.54, 1.807) is 23.6 Å². The second-order valence-corrected chi connectivity index (χ2v) is 8.75. The summed E-state index contributed by atoms with van der Waals surface area (Å²) in [5.41, 5.74) is 3.23. The summed E-state index contributed by atoms with van der Waals surface area (Å²) in [6.07, 6.45) is -4.98. The minimum atomic E-state index is -4.98. The lowest BCUT2D eigenvalue weighted by Crippen LogP contribution is -2.39. The number of hydrogen-bond acceptors (Lipinski definition) is 5. The van der Waals surface area contributed by atoms with Gasteiger partial charge in [0.15, 0.2) is 5.82 Å². The molecule has 6 nitrogen and oxygen atoms in total. The summed E-state index contributed by atoms with van der Waals surface area (Å²) in [5.74, 6) is -1.08. The molecule has 0 bridgehead atoms. The predicted octanol–water partition coefficient (Wildman–Crippen LogP) is 4.48. The van der Waals surface area contributed by atoms with E-state index in [0.717, 1.165) is 26.6 Å². The van der Waals surface area contributed by atoms with Crippen molar-refractivity contribution in [3.05, 3.63) is 62.5 Å². The molecule has 1 aromatic carbocycles. The number of benzene rings is 1. The zero-order chi connectivity index (χ0) is 22.5. The van der Waals surface area contributed by atoms with Crippen molar-refractivity contribution in [1.82, 2.24) is 20.1 Å². The Labute approximate surface area is 184 Å². The molecule has 0 radical (unpaired) electrons. The van der Waals surface area contributed by atoms with E-state index in [1.807, 2.05) is 31.3 Å². The highest BCUT2D eigenvalue weighted by molar-refractivity contribution is 7.15. The van der Waals surface area contributed by atoms with Gasteiger partial charge >= 0.3 is 12.1 Å². The van der Waals surface area contributed by atoms with Gasteiger partial charge in [-0.2, -0.15) is 13.2 Å². The highest BCUT2D eigenvalue weighted by Gasteiger charge is 2.39. The number of halogens is 4. The van der Waals surface area contributed by atoms with Gasteiger partial charge in [-0.05, 0) is 38.5 Å². The van der Waals surface area contributed by atoms with Crippen LogP contribution in [-0.2, 0) is 4.79 Å². The number of rotatable bonds is 3. The molecule has 31 heavy (non-hydrogen) atoms. The van der Waals surface area contributed by atoms with Gasteiger partial charge in [0.1, 0.15) is 16.9 Å². The third kappa shape index (κ3) is 3.85. The summed E-state index contributed by atoms with van der Waals surface area (Å²) in [7, 11) is 0.